The van der Waals surface area contributed by atoms with Crippen molar-refractivity contribution in [2.45, 2.75) is 18.4 Å². The SMILES string of the molecule is O=C(O)[C@@H]1CC(F)(F)C(=O)N1. The number of rotatable bonds is 1. The zero-order valence-electron chi connectivity index (χ0n) is 5.30. The fourth-order valence-electron chi connectivity index (χ4n) is 0.813. The number of nitrogens with one attached hydrogen (secondary N) is 1. The minimum Gasteiger partial charge on any atom is -0.480 e. The molecule has 0 spiro atoms. The van der Waals surface area contributed by atoms with E-state index in [1.165, 1.54) is 0 Å². The molecule has 0 aromatic heterocycles. The molecule has 0 saturated carbocycles. The van der Waals surface area contributed by atoms with Gasteiger partial charge in [0.2, 0.25) is 0 Å². The molecular formula is C5H5F2NO3. The van der Waals surface area contributed by atoms with Crippen LogP contribution >= 0.6 is 0 Å². The topological polar surface area (TPSA) is 66.4 Å². The summed E-state index contributed by atoms with van der Waals surface area (Å²) in [4.78, 5) is 20.4. The molecule has 11 heavy (non-hydrogen) atoms. The van der Waals surface area contributed by atoms with Crippen LogP contribution in [0, 0.1) is 0 Å². The second kappa shape index (κ2) is 2.14. The molecule has 4 nitrogen and oxygen atoms in total. The zero-order chi connectivity index (χ0) is 8.65. The maximum absolute atomic E-state index is 12.3. The highest BCUT2D eigenvalue weighted by Crippen LogP contribution is 2.26. The van der Waals surface area contributed by atoms with Gasteiger partial charge >= 0.3 is 11.9 Å². The number of aliphatic carboxylic acids is 1. The van der Waals surface area contributed by atoms with Gasteiger partial charge in [0.05, 0.1) is 6.42 Å². The molecule has 1 fully saturated rings. The van der Waals surface area contributed by atoms with Crippen molar-refractivity contribution in [2.24, 2.45) is 0 Å². The Morgan fingerprint density at radius 1 is 1.73 bits per heavy atom. The van der Waals surface area contributed by atoms with Gasteiger partial charge in [0, 0.05) is 0 Å². The number of amides is 1. The first kappa shape index (κ1) is 7.90. The third-order valence-corrected chi connectivity index (χ3v) is 1.40. The summed E-state index contributed by atoms with van der Waals surface area (Å²) >= 11 is 0. The summed E-state index contributed by atoms with van der Waals surface area (Å²) in [6, 6.07) is -1.45. The van der Waals surface area contributed by atoms with E-state index in [0.717, 1.165) is 0 Å². The number of hydrogen-bond acceptors (Lipinski definition) is 2. The summed E-state index contributed by atoms with van der Waals surface area (Å²) in [6.07, 6.45) is -0.957. The molecule has 1 amide bonds. The number of halogens is 2. The first-order valence-corrected chi connectivity index (χ1v) is 2.85. The van der Waals surface area contributed by atoms with Crippen LogP contribution in [0.1, 0.15) is 6.42 Å². The van der Waals surface area contributed by atoms with Gasteiger partial charge in [-0.05, 0) is 0 Å². The van der Waals surface area contributed by atoms with Crippen molar-refractivity contribution >= 4 is 11.9 Å². The van der Waals surface area contributed by atoms with Crippen LogP contribution < -0.4 is 5.32 Å². The van der Waals surface area contributed by atoms with E-state index in [0.29, 0.717) is 0 Å². The minimum absolute atomic E-state index is 0.957. The largest absolute Gasteiger partial charge is 0.480 e. The second-order valence-corrected chi connectivity index (χ2v) is 2.27. The maximum atomic E-state index is 12.3. The van der Waals surface area contributed by atoms with Crippen molar-refractivity contribution in [2.75, 3.05) is 0 Å². The third-order valence-electron chi connectivity index (χ3n) is 1.40. The average molecular weight is 165 g/mol. The number of alkyl halides is 2. The van der Waals surface area contributed by atoms with Crippen LogP contribution in [-0.2, 0) is 9.59 Å². The number of carbonyl (C=O) groups excluding carboxylic acids is 1. The number of hydrogen-bond donors (Lipinski definition) is 2. The summed E-state index contributed by atoms with van der Waals surface area (Å²) in [7, 11) is 0. The predicted octanol–water partition coefficient (Wildman–Crippen LogP) is -0.405. The Bertz CT molecular complexity index is 216. The monoisotopic (exact) mass is 165 g/mol. The fourth-order valence-corrected chi connectivity index (χ4v) is 0.813. The molecule has 1 heterocycles. The van der Waals surface area contributed by atoms with E-state index in [-0.39, 0.29) is 0 Å². The molecule has 0 radical (unpaired) electrons. The van der Waals surface area contributed by atoms with Gasteiger partial charge < -0.3 is 10.4 Å². The Balaban J connectivity index is 2.72. The first-order valence-electron chi connectivity index (χ1n) is 2.85. The number of carboxylic acid groups (broad SMARTS) is 1. The first-order chi connectivity index (χ1) is 4.93. The molecule has 0 unspecified atom stereocenters. The van der Waals surface area contributed by atoms with Crippen LogP contribution in [0.25, 0.3) is 0 Å². The Labute approximate surface area is 60.2 Å². The number of carbonyl (C=O) groups is 2. The lowest BCUT2D eigenvalue weighted by atomic mass is 10.2. The maximum Gasteiger partial charge on any atom is 0.327 e. The van der Waals surface area contributed by atoms with Gasteiger partial charge in [-0.3, -0.25) is 4.79 Å². The van der Waals surface area contributed by atoms with Gasteiger partial charge in [0.1, 0.15) is 6.04 Å². The van der Waals surface area contributed by atoms with Crippen molar-refractivity contribution in [1.29, 1.82) is 0 Å². The molecule has 1 rings (SSSR count). The van der Waals surface area contributed by atoms with Gasteiger partial charge in [-0.1, -0.05) is 0 Å². The van der Waals surface area contributed by atoms with Crippen molar-refractivity contribution < 1.29 is 23.5 Å². The molecule has 62 valence electrons. The number of carboxylic acids is 1. The normalized spacial score (nSPS) is 28.2. The van der Waals surface area contributed by atoms with Crippen LogP contribution in [0.15, 0.2) is 0 Å². The van der Waals surface area contributed by atoms with Crippen molar-refractivity contribution in [1.82, 2.24) is 5.32 Å². The predicted molar refractivity (Wildman–Crippen MR) is 29.1 cm³/mol. The van der Waals surface area contributed by atoms with Gasteiger partial charge in [0.25, 0.3) is 5.91 Å². The smallest absolute Gasteiger partial charge is 0.327 e. The van der Waals surface area contributed by atoms with Gasteiger partial charge in [0.15, 0.2) is 0 Å². The summed E-state index contributed by atoms with van der Waals surface area (Å²) in [5.41, 5.74) is 0. The van der Waals surface area contributed by atoms with E-state index in [4.69, 9.17) is 5.11 Å². The molecule has 1 atom stereocenters. The molecule has 6 heteroatoms. The molecule has 0 aromatic rings. The quantitative estimate of drug-likeness (QED) is 0.555. The summed E-state index contributed by atoms with van der Waals surface area (Å²) < 4.78 is 24.5. The molecule has 2 N–H and O–H groups in total. The molecule has 1 aliphatic heterocycles. The van der Waals surface area contributed by atoms with E-state index in [9.17, 15) is 18.4 Å². The molecule has 1 saturated heterocycles. The zero-order valence-corrected chi connectivity index (χ0v) is 5.30. The van der Waals surface area contributed by atoms with Crippen molar-refractivity contribution in [3.63, 3.8) is 0 Å². The Morgan fingerprint density at radius 2 is 2.27 bits per heavy atom. The van der Waals surface area contributed by atoms with E-state index in [1.807, 2.05) is 0 Å². The second-order valence-electron chi connectivity index (χ2n) is 2.27. The van der Waals surface area contributed by atoms with E-state index in [1.54, 1.807) is 5.32 Å². The Kier molecular flexibility index (Phi) is 1.54. The lowest BCUT2D eigenvalue weighted by molar-refractivity contribution is -0.140. The Morgan fingerprint density at radius 3 is 2.45 bits per heavy atom. The highest BCUT2D eigenvalue weighted by Gasteiger charge is 2.50. The van der Waals surface area contributed by atoms with Crippen LogP contribution in [0.2, 0.25) is 0 Å². The highest BCUT2D eigenvalue weighted by atomic mass is 19.3. The highest BCUT2D eigenvalue weighted by molar-refractivity contribution is 5.92. The van der Waals surface area contributed by atoms with E-state index in [2.05, 4.69) is 0 Å². The lowest BCUT2D eigenvalue weighted by Gasteiger charge is -2.01. The van der Waals surface area contributed by atoms with Gasteiger partial charge in [-0.15, -0.1) is 0 Å². The fraction of sp³-hybridized carbons (Fsp3) is 0.600. The van der Waals surface area contributed by atoms with Crippen LogP contribution in [0.3, 0.4) is 0 Å². The summed E-state index contributed by atoms with van der Waals surface area (Å²) in [5, 5.41) is 9.87. The van der Waals surface area contributed by atoms with Gasteiger partial charge in [-0.25, -0.2) is 4.79 Å². The van der Waals surface area contributed by atoms with E-state index < -0.39 is 30.3 Å². The average Bonchev–Trinajstić information content (AvgIpc) is 2.08. The molecule has 1 aliphatic rings. The molecular weight excluding hydrogens is 160 g/mol. The lowest BCUT2D eigenvalue weighted by Crippen LogP contribution is -2.34. The molecule has 0 aliphatic carbocycles. The minimum atomic E-state index is -3.52. The molecule has 0 aromatic carbocycles. The van der Waals surface area contributed by atoms with Crippen molar-refractivity contribution in [3.8, 4) is 0 Å². The summed E-state index contributed by atoms with van der Waals surface area (Å²) in [5.74, 6) is -6.47. The van der Waals surface area contributed by atoms with Crippen molar-refractivity contribution in [3.05, 3.63) is 0 Å². The molecule has 0 bridgehead atoms. The van der Waals surface area contributed by atoms with Crippen LogP contribution in [-0.4, -0.2) is 28.9 Å². The van der Waals surface area contributed by atoms with Crippen LogP contribution in [0.5, 0.6) is 0 Å². The van der Waals surface area contributed by atoms with E-state index >= 15 is 0 Å². The Hall–Kier alpha value is -1.20. The van der Waals surface area contributed by atoms with Crippen LogP contribution in [0.4, 0.5) is 8.78 Å². The standard InChI is InChI=1S/C5H5F2NO3/c6-5(7)1-2(3(9)10)8-4(5)11/h2H,1H2,(H,8,11)(H,9,10)/t2-/m0/s1. The summed E-state index contributed by atoms with van der Waals surface area (Å²) in [6.45, 7) is 0. The third kappa shape index (κ3) is 1.28. The van der Waals surface area contributed by atoms with Gasteiger partial charge in [-0.2, -0.15) is 8.78 Å².